The van der Waals surface area contributed by atoms with E-state index in [4.69, 9.17) is 19.7 Å². The van der Waals surface area contributed by atoms with E-state index in [2.05, 4.69) is 32.6 Å². The summed E-state index contributed by atoms with van der Waals surface area (Å²) in [5, 5.41) is 17.7. The van der Waals surface area contributed by atoms with Crippen LogP contribution in [0.15, 0.2) is 0 Å². The number of aliphatic hydroxyl groups excluding tert-OH is 2. The number of nitrogens with zero attached hydrogens (tertiary/aromatic N) is 1. The number of ether oxygens (including phenoxy) is 2. The molecule has 0 amide bonds. The van der Waals surface area contributed by atoms with Gasteiger partial charge in [-0.15, -0.1) is 0 Å². The molecule has 0 spiro atoms. The van der Waals surface area contributed by atoms with Gasteiger partial charge in [-0.05, 0) is 40.5 Å². The molecule has 0 aromatic rings. The van der Waals surface area contributed by atoms with Gasteiger partial charge in [0.2, 0.25) is 0 Å². The Morgan fingerprint density at radius 1 is 0.950 bits per heavy atom. The lowest BCUT2D eigenvalue weighted by atomic mass is 9.78. The van der Waals surface area contributed by atoms with Crippen molar-refractivity contribution < 1.29 is 19.7 Å². The van der Waals surface area contributed by atoms with Gasteiger partial charge in [0.25, 0.3) is 0 Å². The predicted molar refractivity (Wildman–Crippen MR) is 78.8 cm³/mol. The number of rotatable bonds is 8. The lowest BCUT2D eigenvalue weighted by Gasteiger charge is -2.55. The Morgan fingerprint density at radius 3 is 2.00 bits per heavy atom. The highest BCUT2D eigenvalue weighted by Crippen LogP contribution is 2.39. The SMILES string of the molecule is CC1(C)CC(OCCO)CC(C)(C)N1CCOCCO. The first-order valence-corrected chi connectivity index (χ1v) is 7.52. The van der Waals surface area contributed by atoms with Gasteiger partial charge in [0, 0.05) is 17.6 Å². The van der Waals surface area contributed by atoms with E-state index in [1.54, 1.807) is 0 Å². The van der Waals surface area contributed by atoms with Gasteiger partial charge in [-0.3, -0.25) is 4.90 Å². The van der Waals surface area contributed by atoms with Crippen LogP contribution < -0.4 is 0 Å². The number of hydrogen-bond acceptors (Lipinski definition) is 5. The van der Waals surface area contributed by atoms with Crippen LogP contribution in [0.4, 0.5) is 0 Å². The summed E-state index contributed by atoms with van der Waals surface area (Å²) in [6.45, 7) is 11.4. The minimum Gasteiger partial charge on any atom is -0.394 e. The molecule has 2 N–H and O–H groups in total. The highest BCUT2D eigenvalue weighted by atomic mass is 16.5. The van der Waals surface area contributed by atoms with E-state index in [9.17, 15) is 0 Å². The van der Waals surface area contributed by atoms with E-state index >= 15 is 0 Å². The van der Waals surface area contributed by atoms with Crippen molar-refractivity contribution in [2.75, 3.05) is 39.6 Å². The van der Waals surface area contributed by atoms with E-state index in [0.29, 0.717) is 19.8 Å². The molecule has 5 nitrogen and oxygen atoms in total. The molecule has 0 atom stereocenters. The third-order valence-electron chi connectivity index (χ3n) is 4.06. The quantitative estimate of drug-likeness (QED) is 0.653. The van der Waals surface area contributed by atoms with E-state index in [-0.39, 0.29) is 30.4 Å². The van der Waals surface area contributed by atoms with E-state index < -0.39 is 0 Å². The summed E-state index contributed by atoms with van der Waals surface area (Å²) in [6.07, 6.45) is 2.11. The van der Waals surface area contributed by atoms with Crippen LogP contribution in [0.3, 0.4) is 0 Å². The highest BCUT2D eigenvalue weighted by molar-refractivity contribution is 5.00. The van der Waals surface area contributed by atoms with Crippen LogP contribution in [0.5, 0.6) is 0 Å². The molecule has 20 heavy (non-hydrogen) atoms. The summed E-state index contributed by atoms with van der Waals surface area (Å²) in [6, 6.07) is 0. The van der Waals surface area contributed by atoms with Crippen LogP contribution in [0.25, 0.3) is 0 Å². The maximum absolute atomic E-state index is 8.90. The maximum atomic E-state index is 8.90. The number of aliphatic hydroxyl groups is 2. The van der Waals surface area contributed by atoms with Crippen LogP contribution in [0, 0.1) is 0 Å². The summed E-state index contributed by atoms with van der Waals surface area (Å²) >= 11 is 0. The van der Waals surface area contributed by atoms with Crippen molar-refractivity contribution in [1.29, 1.82) is 0 Å². The Balaban J connectivity index is 2.60. The Morgan fingerprint density at radius 2 is 1.50 bits per heavy atom. The first-order valence-electron chi connectivity index (χ1n) is 7.52. The number of piperidine rings is 1. The van der Waals surface area contributed by atoms with Crippen molar-refractivity contribution >= 4 is 0 Å². The summed E-state index contributed by atoms with van der Waals surface area (Å²) in [5.74, 6) is 0. The van der Waals surface area contributed by atoms with Gasteiger partial charge in [-0.2, -0.15) is 0 Å². The van der Waals surface area contributed by atoms with Crippen LogP contribution >= 0.6 is 0 Å². The summed E-state index contributed by atoms with van der Waals surface area (Å²) in [4.78, 5) is 2.47. The topological polar surface area (TPSA) is 62.2 Å². The van der Waals surface area contributed by atoms with Gasteiger partial charge >= 0.3 is 0 Å². The molecule has 0 bridgehead atoms. The van der Waals surface area contributed by atoms with Crippen molar-refractivity contribution in [3.63, 3.8) is 0 Å². The Hall–Kier alpha value is -0.200. The predicted octanol–water partition coefficient (Wildman–Crippen LogP) is 1.03. The first-order chi connectivity index (χ1) is 9.33. The van der Waals surface area contributed by atoms with Gasteiger partial charge in [0.1, 0.15) is 0 Å². The normalized spacial score (nSPS) is 23.1. The van der Waals surface area contributed by atoms with Gasteiger partial charge in [0.15, 0.2) is 0 Å². The average molecular weight is 289 g/mol. The van der Waals surface area contributed by atoms with Crippen molar-refractivity contribution in [2.24, 2.45) is 0 Å². The second-order valence-corrected chi connectivity index (χ2v) is 6.74. The summed E-state index contributed by atoms with van der Waals surface area (Å²) in [5.41, 5.74) is 0.0644. The molecule has 1 rings (SSSR count). The van der Waals surface area contributed by atoms with Crippen LogP contribution in [0.2, 0.25) is 0 Å². The summed E-state index contributed by atoms with van der Waals surface area (Å²) < 4.78 is 11.2. The van der Waals surface area contributed by atoms with Crippen LogP contribution in [-0.2, 0) is 9.47 Å². The zero-order valence-corrected chi connectivity index (χ0v) is 13.4. The molecule has 1 aliphatic heterocycles. The largest absolute Gasteiger partial charge is 0.394 e. The molecule has 0 saturated carbocycles. The molecule has 120 valence electrons. The maximum Gasteiger partial charge on any atom is 0.0701 e. The lowest BCUT2D eigenvalue weighted by Crippen LogP contribution is -2.62. The molecule has 0 unspecified atom stereocenters. The average Bonchev–Trinajstić information content (AvgIpc) is 2.33. The molecule has 1 saturated heterocycles. The van der Waals surface area contributed by atoms with Gasteiger partial charge in [-0.1, -0.05) is 0 Å². The Labute approximate surface area is 122 Å². The fraction of sp³-hybridized carbons (Fsp3) is 1.00. The van der Waals surface area contributed by atoms with Crippen molar-refractivity contribution in [1.82, 2.24) is 4.90 Å². The van der Waals surface area contributed by atoms with Crippen molar-refractivity contribution in [3.05, 3.63) is 0 Å². The highest BCUT2D eigenvalue weighted by Gasteiger charge is 2.45. The van der Waals surface area contributed by atoms with Crippen LogP contribution in [-0.4, -0.2) is 71.9 Å². The van der Waals surface area contributed by atoms with Crippen LogP contribution in [0.1, 0.15) is 40.5 Å². The van der Waals surface area contributed by atoms with Crippen molar-refractivity contribution in [3.8, 4) is 0 Å². The molecule has 5 heteroatoms. The second-order valence-electron chi connectivity index (χ2n) is 6.74. The molecule has 1 heterocycles. The fourth-order valence-electron chi connectivity index (χ4n) is 3.49. The molecular formula is C15H31NO4. The molecule has 0 radical (unpaired) electrons. The standard InChI is InChI=1S/C15H31NO4/c1-14(2)11-13(20-10-7-18)12-15(3,4)16(14)5-8-19-9-6-17/h13,17-18H,5-12H2,1-4H3. The summed E-state index contributed by atoms with van der Waals surface area (Å²) in [7, 11) is 0. The number of likely N-dealkylation sites (tertiary alicyclic amines) is 1. The zero-order valence-electron chi connectivity index (χ0n) is 13.4. The Kier molecular flexibility index (Phi) is 6.88. The number of hydrogen-bond donors (Lipinski definition) is 2. The minimum atomic E-state index is 0.0322. The third kappa shape index (κ3) is 4.97. The second kappa shape index (κ2) is 7.71. The van der Waals surface area contributed by atoms with Gasteiger partial charge in [0.05, 0.1) is 39.1 Å². The smallest absolute Gasteiger partial charge is 0.0701 e. The first kappa shape index (κ1) is 17.9. The van der Waals surface area contributed by atoms with E-state index in [0.717, 1.165) is 19.4 Å². The fourth-order valence-corrected chi connectivity index (χ4v) is 3.49. The van der Waals surface area contributed by atoms with E-state index in [1.165, 1.54) is 0 Å². The lowest BCUT2D eigenvalue weighted by molar-refractivity contribution is -0.114. The Bertz CT molecular complexity index is 263. The van der Waals surface area contributed by atoms with Crippen molar-refractivity contribution in [2.45, 2.75) is 57.7 Å². The van der Waals surface area contributed by atoms with E-state index in [1.807, 2.05) is 0 Å². The van der Waals surface area contributed by atoms with Gasteiger partial charge in [-0.25, -0.2) is 0 Å². The minimum absolute atomic E-state index is 0.0322. The monoisotopic (exact) mass is 289 g/mol. The molecule has 0 aromatic heterocycles. The molecule has 1 aliphatic rings. The zero-order chi connectivity index (χ0) is 15.2. The molecular weight excluding hydrogens is 258 g/mol. The molecule has 1 fully saturated rings. The van der Waals surface area contributed by atoms with Gasteiger partial charge < -0.3 is 19.7 Å². The third-order valence-corrected chi connectivity index (χ3v) is 4.06. The molecule has 0 aliphatic carbocycles. The molecule has 0 aromatic carbocycles.